The lowest BCUT2D eigenvalue weighted by Crippen LogP contribution is -2.41. The number of piperidine rings is 1. The van der Waals surface area contributed by atoms with Crippen LogP contribution in [0.3, 0.4) is 0 Å². The maximum atomic E-state index is 12.5. The van der Waals surface area contributed by atoms with E-state index in [1.165, 1.54) is 24.3 Å². The topological polar surface area (TPSA) is 98.3 Å². The van der Waals surface area contributed by atoms with E-state index >= 15 is 0 Å². The molecule has 1 aliphatic heterocycles. The van der Waals surface area contributed by atoms with Crippen LogP contribution in [0.1, 0.15) is 19.8 Å². The molecule has 1 aromatic heterocycles. The highest BCUT2D eigenvalue weighted by molar-refractivity contribution is 5.76. The van der Waals surface area contributed by atoms with Crippen LogP contribution in [0, 0.1) is 16.0 Å². The number of benzene rings is 1. The number of carbonyl (C=O) groups is 1. The van der Waals surface area contributed by atoms with E-state index in [1.807, 2.05) is 0 Å². The number of aromatic nitrogens is 2. The molecule has 0 unspecified atom stereocenters. The molecule has 0 spiro atoms. The maximum Gasteiger partial charge on any atom is 0.270 e. The third-order valence-corrected chi connectivity index (χ3v) is 4.64. The van der Waals surface area contributed by atoms with Crippen LogP contribution in [0.15, 0.2) is 41.2 Å². The average Bonchev–Trinajstić information content (AvgIpc) is 2.64. The highest BCUT2D eigenvalue weighted by atomic mass is 16.6. The molecule has 1 saturated heterocycles. The Morgan fingerprint density at radius 1 is 1.27 bits per heavy atom. The van der Waals surface area contributed by atoms with Crippen LogP contribution >= 0.6 is 0 Å². The number of non-ortho nitro benzene ring substituents is 1. The lowest BCUT2D eigenvalue weighted by atomic mass is 9.99. The zero-order valence-corrected chi connectivity index (χ0v) is 14.5. The minimum Gasteiger partial charge on any atom is -0.341 e. The molecule has 0 bridgehead atoms. The van der Waals surface area contributed by atoms with Crippen molar-refractivity contribution < 1.29 is 9.72 Å². The summed E-state index contributed by atoms with van der Waals surface area (Å²) in [5.41, 5.74) is 0.499. The first-order chi connectivity index (χ1) is 12.4. The van der Waals surface area contributed by atoms with Crippen LogP contribution in [-0.2, 0) is 11.3 Å². The van der Waals surface area contributed by atoms with Crippen LogP contribution in [0.2, 0.25) is 0 Å². The van der Waals surface area contributed by atoms with Crippen LogP contribution in [-0.4, -0.2) is 38.6 Å². The summed E-state index contributed by atoms with van der Waals surface area (Å²) in [4.78, 5) is 36.7. The van der Waals surface area contributed by atoms with E-state index in [4.69, 9.17) is 0 Å². The summed E-state index contributed by atoms with van der Waals surface area (Å²) >= 11 is 0. The van der Waals surface area contributed by atoms with Gasteiger partial charge in [-0.2, -0.15) is 5.10 Å². The number of likely N-dealkylation sites (tertiary alicyclic amines) is 1. The van der Waals surface area contributed by atoms with E-state index in [1.54, 1.807) is 17.0 Å². The van der Waals surface area contributed by atoms with Crippen molar-refractivity contribution in [2.24, 2.45) is 5.92 Å². The van der Waals surface area contributed by atoms with Gasteiger partial charge in [0.25, 0.3) is 11.2 Å². The van der Waals surface area contributed by atoms with Gasteiger partial charge in [0.2, 0.25) is 5.91 Å². The second-order valence-corrected chi connectivity index (χ2v) is 6.59. The van der Waals surface area contributed by atoms with Gasteiger partial charge in [-0.15, -0.1) is 0 Å². The Kier molecular flexibility index (Phi) is 5.11. The molecule has 26 heavy (non-hydrogen) atoms. The number of nitro benzene ring substituents is 1. The van der Waals surface area contributed by atoms with Crippen molar-refractivity contribution in [2.75, 3.05) is 13.1 Å². The molecule has 0 N–H and O–H groups in total. The standard InChI is InChI=1S/C18H20N4O4/c1-13-7-9-20(10-8-13)18(24)12-21-17(23)6-5-16(19-21)14-3-2-4-15(11-14)22(25)26/h2-6,11,13H,7-10,12H2,1H3. The monoisotopic (exact) mass is 356 g/mol. The third-order valence-electron chi connectivity index (χ3n) is 4.64. The van der Waals surface area contributed by atoms with Crippen molar-refractivity contribution >= 4 is 11.6 Å². The molecule has 8 nitrogen and oxygen atoms in total. The Labute approximate surface area is 150 Å². The first-order valence-electron chi connectivity index (χ1n) is 8.55. The molecule has 1 aliphatic rings. The van der Waals surface area contributed by atoms with Crippen molar-refractivity contribution in [1.82, 2.24) is 14.7 Å². The van der Waals surface area contributed by atoms with Crippen molar-refractivity contribution in [3.05, 3.63) is 56.9 Å². The largest absolute Gasteiger partial charge is 0.341 e. The maximum absolute atomic E-state index is 12.5. The van der Waals surface area contributed by atoms with Gasteiger partial charge >= 0.3 is 0 Å². The van der Waals surface area contributed by atoms with E-state index in [0.717, 1.165) is 17.5 Å². The Hall–Kier alpha value is -3.03. The van der Waals surface area contributed by atoms with Gasteiger partial charge < -0.3 is 4.90 Å². The molecule has 3 rings (SSSR count). The van der Waals surface area contributed by atoms with Crippen molar-refractivity contribution in [1.29, 1.82) is 0 Å². The zero-order valence-electron chi connectivity index (χ0n) is 14.5. The number of amides is 1. The summed E-state index contributed by atoms with van der Waals surface area (Å²) in [7, 11) is 0. The summed E-state index contributed by atoms with van der Waals surface area (Å²) in [6.07, 6.45) is 1.92. The highest BCUT2D eigenvalue weighted by Crippen LogP contribution is 2.21. The van der Waals surface area contributed by atoms with Gasteiger partial charge in [0.15, 0.2) is 0 Å². The lowest BCUT2D eigenvalue weighted by Gasteiger charge is -2.30. The first-order valence-corrected chi connectivity index (χ1v) is 8.55. The van der Waals surface area contributed by atoms with E-state index in [0.29, 0.717) is 30.3 Å². The number of nitro groups is 1. The Balaban J connectivity index is 1.82. The van der Waals surface area contributed by atoms with Gasteiger partial charge in [-0.25, -0.2) is 4.68 Å². The highest BCUT2D eigenvalue weighted by Gasteiger charge is 2.21. The second kappa shape index (κ2) is 7.47. The molecule has 0 saturated carbocycles. The predicted molar refractivity (Wildman–Crippen MR) is 95.6 cm³/mol. The van der Waals surface area contributed by atoms with Gasteiger partial charge in [0.1, 0.15) is 6.54 Å². The summed E-state index contributed by atoms with van der Waals surface area (Å²) in [5, 5.41) is 15.2. The van der Waals surface area contributed by atoms with Crippen molar-refractivity contribution in [3.8, 4) is 11.3 Å². The van der Waals surface area contributed by atoms with E-state index in [2.05, 4.69) is 12.0 Å². The second-order valence-electron chi connectivity index (χ2n) is 6.59. The molecule has 0 aliphatic carbocycles. The SMILES string of the molecule is CC1CCN(C(=O)Cn2nc(-c3cccc([N+](=O)[O-])c3)ccc2=O)CC1. The van der Waals surface area contributed by atoms with Crippen molar-refractivity contribution in [2.45, 2.75) is 26.3 Å². The van der Waals surface area contributed by atoms with Crippen LogP contribution in [0.25, 0.3) is 11.3 Å². The third kappa shape index (κ3) is 3.96. The summed E-state index contributed by atoms with van der Waals surface area (Å²) < 4.78 is 1.12. The van der Waals surface area contributed by atoms with E-state index in [9.17, 15) is 19.7 Å². The molecule has 0 radical (unpaired) electrons. The zero-order chi connectivity index (χ0) is 18.7. The Morgan fingerprint density at radius 2 is 2.00 bits per heavy atom. The lowest BCUT2D eigenvalue weighted by molar-refractivity contribution is -0.384. The molecular weight excluding hydrogens is 336 g/mol. The average molecular weight is 356 g/mol. The van der Waals surface area contributed by atoms with E-state index < -0.39 is 4.92 Å². The van der Waals surface area contributed by atoms with Gasteiger partial charge in [-0.1, -0.05) is 19.1 Å². The Morgan fingerprint density at radius 3 is 2.69 bits per heavy atom. The molecule has 136 valence electrons. The molecule has 1 fully saturated rings. The predicted octanol–water partition coefficient (Wildman–Crippen LogP) is 2.08. The minimum absolute atomic E-state index is 0.0550. The van der Waals surface area contributed by atoms with Crippen LogP contribution in [0.4, 0.5) is 5.69 Å². The first kappa shape index (κ1) is 17.8. The number of nitrogens with zero attached hydrogens (tertiary/aromatic N) is 4. The van der Waals surface area contributed by atoms with Gasteiger partial charge in [-0.05, 0) is 24.8 Å². The normalized spacial score (nSPS) is 15.0. The minimum atomic E-state index is -0.486. The summed E-state index contributed by atoms with van der Waals surface area (Å²) in [6.45, 7) is 3.42. The smallest absolute Gasteiger partial charge is 0.270 e. The number of hydrogen-bond donors (Lipinski definition) is 0. The van der Waals surface area contributed by atoms with Gasteiger partial charge in [0, 0.05) is 36.9 Å². The van der Waals surface area contributed by atoms with E-state index in [-0.39, 0.29) is 23.7 Å². The van der Waals surface area contributed by atoms with Crippen LogP contribution < -0.4 is 5.56 Å². The number of rotatable bonds is 4. The number of hydrogen-bond acceptors (Lipinski definition) is 5. The fraction of sp³-hybridized carbons (Fsp3) is 0.389. The molecule has 2 aromatic rings. The summed E-state index contributed by atoms with van der Waals surface area (Å²) in [5.74, 6) is 0.472. The summed E-state index contributed by atoms with van der Waals surface area (Å²) in [6, 6.07) is 8.85. The molecule has 2 heterocycles. The number of carbonyl (C=O) groups excluding carboxylic acids is 1. The van der Waals surface area contributed by atoms with Gasteiger partial charge in [-0.3, -0.25) is 19.7 Å². The quantitative estimate of drug-likeness (QED) is 0.617. The molecule has 0 atom stereocenters. The molecule has 8 heteroatoms. The van der Waals surface area contributed by atoms with Crippen LogP contribution in [0.5, 0.6) is 0 Å². The fourth-order valence-corrected chi connectivity index (χ4v) is 2.98. The fourth-order valence-electron chi connectivity index (χ4n) is 2.98. The molecule has 1 aromatic carbocycles. The molecule has 1 amide bonds. The van der Waals surface area contributed by atoms with Gasteiger partial charge in [0.05, 0.1) is 10.6 Å². The van der Waals surface area contributed by atoms with Crippen molar-refractivity contribution in [3.63, 3.8) is 0 Å². The Bertz CT molecular complexity index is 885. The molecular formula is C18H20N4O4.